The van der Waals surface area contributed by atoms with Gasteiger partial charge in [-0.05, 0) is 79.1 Å². The number of carbonyl (C=O) groups is 5. The van der Waals surface area contributed by atoms with E-state index in [4.69, 9.17) is 0 Å². The third kappa shape index (κ3) is 8.65. The summed E-state index contributed by atoms with van der Waals surface area (Å²) >= 11 is 0. The molecule has 0 aromatic carbocycles. The van der Waals surface area contributed by atoms with E-state index in [1.807, 2.05) is 55.5 Å². The summed E-state index contributed by atoms with van der Waals surface area (Å²) in [6.07, 6.45) is 7.26. The Morgan fingerprint density at radius 3 is 1.95 bits per heavy atom. The van der Waals surface area contributed by atoms with Crippen LogP contribution in [0.4, 0.5) is 0 Å². The molecular formula is C44H74N4O7S. The Kier molecular flexibility index (Phi) is 13.0. The number of likely N-dealkylation sites (N-methyl/N-ethyl adjacent to an activating group) is 1. The molecule has 12 heteroatoms. The average Bonchev–Trinajstić information content (AvgIpc) is 3.90. The standard InChI is InChI=1S/C44H74N4O7S/c1-12-14-31(38(52)37(51)23-30-15-16-30)24-36(50)35-27-44(42(8,9)43(44)17-13-18-43)29-48(35)39(53)34(41(5,6)7)26-33(49)25-32(40(2,3)4)28-46(11)56(54,55)47-21-19-45(10)20-22-47/h30-32,34-35H,12-29H2,1-11H3/t31?,32-,34-,35+,44-/m1/s1. The summed E-state index contributed by atoms with van der Waals surface area (Å²) < 4.78 is 30.1. The lowest BCUT2D eigenvalue weighted by molar-refractivity contribution is -0.147. The van der Waals surface area contributed by atoms with E-state index in [9.17, 15) is 27.6 Å². The number of rotatable bonds is 18. The average molecular weight is 803 g/mol. The van der Waals surface area contributed by atoms with Gasteiger partial charge in [-0.15, -0.1) is 0 Å². The van der Waals surface area contributed by atoms with Gasteiger partial charge in [0.05, 0.1) is 6.04 Å². The molecule has 1 amide bonds. The Morgan fingerprint density at radius 1 is 0.857 bits per heavy atom. The highest BCUT2D eigenvalue weighted by Crippen LogP contribution is 2.88. The topological polar surface area (TPSA) is 132 Å². The summed E-state index contributed by atoms with van der Waals surface area (Å²) in [4.78, 5) is 74.1. The number of nitrogens with zero attached hydrogens (tertiary/aromatic N) is 4. The zero-order valence-corrected chi connectivity index (χ0v) is 37.5. The van der Waals surface area contributed by atoms with Crippen LogP contribution in [0.15, 0.2) is 0 Å². The van der Waals surface area contributed by atoms with Crippen LogP contribution in [0.25, 0.3) is 0 Å². The van der Waals surface area contributed by atoms with E-state index in [2.05, 4.69) is 18.7 Å². The fraction of sp³-hybridized carbons (Fsp3) is 0.886. The maximum absolute atomic E-state index is 15.1. The Morgan fingerprint density at radius 2 is 1.46 bits per heavy atom. The third-order valence-electron chi connectivity index (χ3n) is 15.5. The Hall–Kier alpha value is -2.02. The number of Topliss-reactive ketones (excluding diaryl/α,β-unsaturated/α-hetero) is 4. The highest BCUT2D eigenvalue weighted by Gasteiger charge is 2.85. The zero-order valence-electron chi connectivity index (χ0n) is 36.7. The summed E-state index contributed by atoms with van der Waals surface area (Å²) in [6.45, 7) is 21.3. The van der Waals surface area contributed by atoms with Crippen LogP contribution in [-0.4, -0.2) is 115 Å². The molecule has 5 atom stereocenters. The van der Waals surface area contributed by atoms with Crippen LogP contribution in [0, 0.1) is 50.7 Å². The maximum Gasteiger partial charge on any atom is 0.281 e. The van der Waals surface area contributed by atoms with Gasteiger partial charge in [0.25, 0.3) is 10.2 Å². The van der Waals surface area contributed by atoms with Crippen LogP contribution in [0.5, 0.6) is 0 Å². The van der Waals surface area contributed by atoms with Gasteiger partial charge in [-0.25, -0.2) is 0 Å². The fourth-order valence-electron chi connectivity index (χ4n) is 10.9. The van der Waals surface area contributed by atoms with Crippen LogP contribution in [0.3, 0.4) is 0 Å². The molecule has 2 aliphatic heterocycles. The number of ketones is 4. The van der Waals surface area contributed by atoms with Crippen molar-refractivity contribution in [1.29, 1.82) is 0 Å². The van der Waals surface area contributed by atoms with Crippen molar-refractivity contribution in [3.63, 3.8) is 0 Å². The highest BCUT2D eigenvalue weighted by atomic mass is 32.2. The molecule has 3 saturated carbocycles. The highest BCUT2D eigenvalue weighted by molar-refractivity contribution is 7.86. The van der Waals surface area contributed by atoms with E-state index in [-0.39, 0.29) is 89.0 Å². The molecule has 1 unspecified atom stereocenters. The van der Waals surface area contributed by atoms with Crippen molar-refractivity contribution < 1.29 is 32.4 Å². The van der Waals surface area contributed by atoms with Crippen molar-refractivity contribution in [1.82, 2.24) is 18.4 Å². The molecule has 56 heavy (non-hydrogen) atoms. The van der Waals surface area contributed by atoms with Crippen LogP contribution >= 0.6 is 0 Å². The molecular weight excluding hydrogens is 729 g/mol. The van der Waals surface area contributed by atoms with Crippen LogP contribution < -0.4 is 0 Å². The molecule has 11 nitrogen and oxygen atoms in total. The van der Waals surface area contributed by atoms with Gasteiger partial charge in [0, 0.05) is 89.3 Å². The number of likely N-dealkylation sites (tertiary alicyclic amines) is 1. The van der Waals surface area contributed by atoms with Crippen molar-refractivity contribution in [2.75, 3.05) is 53.4 Å². The minimum atomic E-state index is -3.71. The number of hydrogen-bond donors (Lipinski definition) is 0. The van der Waals surface area contributed by atoms with Gasteiger partial charge in [-0.3, -0.25) is 24.0 Å². The van der Waals surface area contributed by atoms with E-state index in [0.717, 1.165) is 32.1 Å². The smallest absolute Gasteiger partial charge is 0.281 e. The van der Waals surface area contributed by atoms with Crippen molar-refractivity contribution in [3.05, 3.63) is 0 Å². The fourth-order valence-corrected chi connectivity index (χ4v) is 12.3. The molecule has 0 N–H and O–H groups in total. The summed E-state index contributed by atoms with van der Waals surface area (Å²) in [5.41, 5.74) is -1.16. The summed E-state index contributed by atoms with van der Waals surface area (Å²) in [5, 5.41) is 0. The van der Waals surface area contributed by atoms with E-state index in [1.54, 1.807) is 11.9 Å². The lowest BCUT2D eigenvalue weighted by Crippen LogP contribution is -2.52. The van der Waals surface area contributed by atoms with Gasteiger partial charge in [-0.2, -0.15) is 17.0 Å². The first-order chi connectivity index (χ1) is 25.8. The molecule has 0 aromatic rings. The molecule has 5 fully saturated rings. The second-order valence-corrected chi connectivity index (χ2v) is 23.4. The molecule has 2 saturated heterocycles. The van der Waals surface area contributed by atoms with E-state index < -0.39 is 39.3 Å². The lowest BCUT2D eigenvalue weighted by Gasteiger charge is -2.38. The van der Waals surface area contributed by atoms with Crippen molar-refractivity contribution in [3.8, 4) is 0 Å². The third-order valence-corrected chi connectivity index (χ3v) is 17.5. The molecule has 0 bridgehead atoms. The second kappa shape index (κ2) is 16.2. The summed E-state index contributed by atoms with van der Waals surface area (Å²) in [6, 6.07) is -0.705. The Labute approximate surface area is 338 Å². The number of amides is 1. The largest absolute Gasteiger partial charge is 0.332 e. The van der Waals surface area contributed by atoms with E-state index in [1.165, 1.54) is 8.61 Å². The molecule has 0 aromatic heterocycles. The van der Waals surface area contributed by atoms with Crippen LogP contribution in [-0.2, 0) is 34.2 Å². The van der Waals surface area contributed by atoms with Gasteiger partial charge in [0.15, 0.2) is 11.6 Å². The normalized spacial score (nSPS) is 26.9. The monoisotopic (exact) mass is 803 g/mol. The van der Waals surface area contributed by atoms with Crippen LogP contribution in [0.2, 0.25) is 0 Å². The first kappa shape index (κ1) is 45.1. The number of piperazine rings is 1. The van der Waals surface area contributed by atoms with Crippen molar-refractivity contribution in [2.24, 2.45) is 50.7 Å². The quantitative estimate of drug-likeness (QED) is 0.150. The SMILES string of the molecule is CCCC(CC(=O)[C@@H]1C[C@@]2(CN1C(=O)[C@@H](CC(=O)C[C@H](CN(C)S(=O)(=O)N1CCN(C)CC1)C(C)(C)C)C(C)(C)C)C(C)(C)C21CCC1)C(=O)C(=O)CC1CC1. The number of hydrogen-bond acceptors (Lipinski definition) is 8. The number of carbonyl (C=O) groups excluding carboxylic acids is 5. The second-order valence-electron chi connectivity index (χ2n) is 21.3. The lowest BCUT2D eigenvalue weighted by atomic mass is 9.73. The Bertz CT molecular complexity index is 1630. The van der Waals surface area contributed by atoms with Gasteiger partial charge in [0.2, 0.25) is 11.7 Å². The molecule has 318 valence electrons. The zero-order chi connectivity index (χ0) is 41.8. The minimum absolute atomic E-state index is 0.00457. The van der Waals surface area contributed by atoms with Gasteiger partial charge >= 0.3 is 0 Å². The van der Waals surface area contributed by atoms with Crippen LogP contribution in [0.1, 0.15) is 139 Å². The van der Waals surface area contributed by atoms with Crippen molar-refractivity contribution in [2.45, 2.75) is 145 Å². The first-order valence-corrected chi connectivity index (χ1v) is 23.0. The molecule has 5 rings (SSSR count). The number of fused-ring (bicyclic) bond motifs is 1. The Balaban J connectivity index is 1.36. The van der Waals surface area contributed by atoms with Crippen molar-refractivity contribution >= 4 is 39.2 Å². The van der Waals surface area contributed by atoms with Gasteiger partial charge < -0.3 is 9.80 Å². The predicted octanol–water partition coefficient (Wildman–Crippen LogP) is 6.20. The predicted molar refractivity (Wildman–Crippen MR) is 219 cm³/mol. The molecule has 0 radical (unpaired) electrons. The van der Waals surface area contributed by atoms with E-state index in [0.29, 0.717) is 52.0 Å². The van der Waals surface area contributed by atoms with Gasteiger partial charge in [0.1, 0.15) is 5.78 Å². The van der Waals surface area contributed by atoms with E-state index >= 15 is 4.79 Å². The minimum Gasteiger partial charge on any atom is -0.332 e. The maximum atomic E-state index is 15.1. The summed E-state index contributed by atoms with van der Waals surface area (Å²) in [7, 11) is -0.141. The first-order valence-electron chi connectivity index (χ1n) is 21.6. The van der Waals surface area contributed by atoms with Gasteiger partial charge in [-0.1, -0.05) is 75.2 Å². The molecule has 3 aliphatic carbocycles. The molecule has 2 heterocycles. The molecule has 5 aliphatic rings. The summed E-state index contributed by atoms with van der Waals surface area (Å²) in [5.74, 6) is -2.60. The molecule has 2 spiro atoms.